The maximum atomic E-state index is 11.2. The van der Waals surface area contributed by atoms with Crippen molar-refractivity contribution in [3.63, 3.8) is 0 Å². The second-order valence-electron chi connectivity index (χ2n) is 3.11. The lowest BCUT2D eigenvalue weighted by Crippen LogP contribution is -2.55. The van der Waals surface area contributed by atoms with Crippen LogP contribution in [0.2, 0.25) is 0 Å². The van der Waals surface area contributed by atoms with Crippen LogP contribution in [0.4, 0.5) is 0 Å². The average molecular weight is 156 g/mol. The summed E-state index contributed by atoms with van der Waals surface area (Å²) in [4.78, 5) is 11.2. The normalized spacial score (nSPS) is 27.8. The molecule has 1 saturated heterocycles. The summed E-state index contributed by atoms with van der Waals surface area (Å²) in [7, 11) is 0. The Morgan fingerprint density at radius 1 is 1.64 bits per heavy atom. The minimum Gasteiger partial charge on any atom is -0.353 e. The Bertz CT molecular complexity index is 147. The Hall–Kier alpha value is -0.570. The molecule has 1 fully saturated rings. The lowest BCUT2D eigenvalue weighted by molar-refractivity contribution is -0.125. The summed E-state index contributed by atoms with van der Waals surface area (Å²) in [5.74, 6) is 0.598. The number of carbonyl (C=O) groups excluding carboxylic acids is 1. The van der Waals surface area contributed by atoms with Crippen molar-refractivity contribution in [3.8, 4) is 0 Å². The van der Waals surface area contributed by atoms with Crippen molar-refractivity contribution in [3.05, 3.63) is 0 Å². The third-order valence-electron chi connectivity index (χ3n) is 2.28. The second-order valence-corrected chi connectivity index (χ2v) is 3.11. The number of rotatable bonds is 2. The minimum atomic E-state index is 0.0359. The Morgan fingerprint density at radius 2 is 2.36 bits per heavy atom. The molecular formula is C8H16N2O. The molecule has 3 heteroatoms. The molecule has 2 N–H and O–H groups in total. The van der Waals surface area contributed by atoms with Crippen LogP contribution in [0.3, 0.4) is 0 Å². The van der Waals surface area contributed by atoms with E-state index >= 15 is 0 Å². The van der Waals surface area contributed by atoms with Crippen molar-refractivity contribution in [2.75, 3.05) is 13.1 Å². The molecule has 1 amide bonds. The first-order valence-electron chi connectivity index (χ1n) is 4.26. The van der Waals surface area contributed by atoms with E-state index in [4.69, 9.17) is 0 Å². The van der Waals surface area contributed by atoms with Crippen LogP contribution in [-0.4, -0.2) is 25.0 Å². The lowest BCUT2D eigenvalue weighted by Gasteiger charge is -2.27. The summed E-state index contributed by atoms with van der Waals surface area (Å²) in [6.07, 6.45) is 1.05. The fourth-order valence-electron chi connectivity index (χ4n) is 1.31. The second kappa shape index (κ2) is 3.72. The van der Waals surface area contributed by atoms with E-state index in [1.165, 1.54) is 0 Å². The van der Waals surface area contributed by atoms with Crippen LogP contribution >= 0.6 is 0 Å². The molecule has 0 bridgehead atoms. The van der Waals surface area contributed by atoms with Gasteiger partial charge in [0.25, 0.3) is 0 Å². The van der Waals surface area contributed by atoms with Crippen molar-refractivity contribution in [1.82, 2.24) is 10.6 Å². The number of nitrogens with one attached hydrogen (secondary N) is 2. The standard InChI is InChI=1S/C8H16N2O/c1-3-6(2)7-8(11)10-5-4-9-7/h6-7,9H,3-5H2,1-2H3,(H,10,11)/t6-,7-/m0/s1. The van der Waals surface area contributed by atoms with Gasteiger partial charge in [0.05, 0.1) is 6.04 Å². The van der Waals surface area contributed by atoms with Gasteiger partial charge in [-0.2, -0.15) is 0 Å². The zero-order valence-electron chi connectivity index (χ0n) is 7.18. The summed E-state index contributed by atoms with van der Waals surface area (Å²) in [5.41, 5.74) is 0. The smallest absolute Gasteiger partial charge is 0.237 e. The van der Waals surface area contributed by atoms with Gasteiger partial charge >= 0.3 is 0 Å². The molecule has 0 aliphatic carbocycles. The highest BCUT2D eigenvalue weighted by atomic mass is 16.2. The predicted octanol–water partition coefficient (Wildman–Crippen LogP) is 0.120. The van der Waals surface area contributed by atoms with Gasteiger partial charge < -0.3 is 10.6 Å². The monoisotopic (exact) mass is 156 g/mol. The highest BCUT2D eigenvalue weighted by Crippen LogP contribution is 2.08. The van der Waals surface area contributed by atoms with E-state index in [1.54, 1.807) is 0 Å². The molecule has 0 aromatic rings. The summed E-state index contributed by atoms with van der Waals surface area (Å²) < 4.78 is 0. The van der Waals surface area contributed by atoms with Crippen LogP contribution in [0, 0.1) is 5.92 Å². The molecule has 1 aliphatic rings. The van der Waals surface area contributed by atoms with Gasteiger partial charge in [-0.25, -0.2) is 0 Å². The van der Waals surface area contributed by atoms with Gasteiger partial charge in [-0.05, 0) is 5.92 Å². The van der Waals surface area contributed by atoms with Crippen LogP contribution in [0.5, 0.6) is 0 Å². The largest absolute Gasteiger partial charge is 0.353 e. The molecule has 1 rings (SSSR count). The zero-order valence-corrected chi connectivity index (χ0v) is 7.18. The molecule has 0 saturated carbocycles. The topological polar surface area (TPSA) is 41.1 Å². The van der Waals surface area contributed by atoms with E-state index in [-0.39, 0.29) is 11.9 Å². The Labute approximate surface area is 67.5 Å². The molecule has 11 heavy (non-hydrogen) atoms. The van der Waals surface area contributed by atoms with E-state index < -0.39 is 0 Å². The highest BCUT2D eigenvalue weighted by Gasteiger charge is 2.25. The van der Waals surface area contributed by atoms with E-state index in [2.05, 4.69) is 24.5 Å². The van der Waals surface area contributed by atoms with Gasteiger partial charge in [-0.3, -0.25) is 4.79 Å². The van der Waals surface area contributed by atoms with Crippen molar-refractivity contribution in [1.29, 1.82) is 0 Å². The van der Waals surface area contributed by atoms with Gasteiger partial charge in [-0.15, -0.1) is 0 Å². The number of hydrogen-bond donors (Lipinski definition) is 2. The molecule has 1 aliphatic heterocycles. The summed E-state index contributed by atoms with van der Waals surface area (Å²) in [6.45, 7) is 5.88. The molecule has 0 aromatic carbocycles. The molecule has 0 aromatic heterocycles. The Balaban J connectivity index is 2.47. The van der Waals surface area contributed by atoms with Gasteiger partial charge in [0.2, 0.25) is 5.91 Å². The average Bonchev–Trinajstić information content (AvgIpc) is 2.04. The maximum absolute atomic E-state index is 11.2. The first-order valence-corrected chi connectivity index (χ1v) is 4.26. The van der Waals surface area contributed by atoms with Crippen LogP contribution in [0.25, 0.3) is 0 Å². The van der Waals surface area contributed by atoms with Crippen LogP contribution < -0.4 is 10.6 Å². The van der Waals surface area contributed by atoms with E-state index in [1.807, 2.05) is 0 Å². The van der Waals surface area contributed by atoms with Crippen molar-refractivity contribution < 1.29 is 4.79 Å². The van der Waals surface area contributed by atoms with Crippen molar-refractivity contribution in [2.24, 2.45) is 5.92 Å². The number of hydrogen-bond acceptors (Lipinski definition) is 2. The predicted molar refractivity (Wildman–Crippen MR) is 44.3 cm³/mol. The summed E-state index contributed by atoms with van der Waals surface area (Å²) in [5, 5.41) is 6.05. The highest BCUT2D eigenvalue weighted by molar-refractivity contribution is 5.82. The molecule has 64 valence electrons. The van der Waals surface area contributed by atoms with E-state index in [0.29, 0.717) is 5.92 Å². The fraction of sp³-hybridized carbons (Fsp3) is 0.875. The Morgan fingerprint density at radius 3 is 2.91 bits per heavy atom. The summed E-state index contributed by atoms with van der Waals surface area (Å²) >= 11 is 0. The zero-order chi connectivity index (χ0) is 8.27. The molecule has 0 spiro atoms. The van der Waals surface area contributed by atoms with Crippen molar-refractivity contribution in [2.45, 2.75) is 26.3 Å². The quantitative estimate of drug-likeness (QED) is 0.596. The van der Waals surface area contributed by atoms with Gasteiger partial charge in [-0.1, -0.05) is 20.3 Å². The van der Waals surface area contributed by atoms with Crippen molar-refractivity contribution >= 4 is 5.91 Å². The van der Waals surface area contributed by atoms with Gasteiger partial charge in [0.1, 0.15) is 0 Å². The number of amides is 1. The van der Waals surface area contributed by atoms with Crippen LogP contribution in [-0.2, 0) is 4.79 Å². The lowest BCUT2D eigenvalue weighted by atomic mass is 9.97. The fourth-order valence-corrected chi connectivity index (χ4v) is 1.31. The van der Waals surface area contributed by atoms with Gasteiger partial charge in [0, 0.05) is 13.1 Å². The minimum absolute atomic E-state index is 0.0359. The SMILES string of the molecule is CC[C@H](C)[C@@H]1NCCNC1=O. The van der Waals surface area contributed by atoms with E-state index in [9.17, 15) is 4.79 Å². The molecule has 1 heterocycles. The van der Waals surface area contributed by atoms with Gasteiger partial charge in [0.15, 0.2) is 0 Å². The third-order valence-corrected chi connectivity index (χ3v) is 2.28. The molecule has 0 unspecified atom stereocenters. The Kier molecular flexibility index (Phi) is 2.88. The number of carbonyl (C=O) groups is 1. The first kappa shape index (κ1) is 8.53. The van der Waals surface area contributed by atoms with Crippen LogP contribution in [0.15, 0.2) is 0 Å². The third kappa shape index (κ3) is 1.93. The molecule has 2 atom stereocenters. The number of piperazine rings is 1. The molecule has 3 nitrogen and oxygen atoms in total. The molecule has 0 radical (unpaired) electrons. The maximum Gasteiger partial charge on any atom is 0.237 e. The first-order chi connectivity index (χ1) is 5.25. The van der Waals surface area contributed by atoms with E-state index in [0.717, 1.165) is 19.5 Å². The van der Waals surface area contributed by atoms with Crippen LogP contribution in [0.1, 0.15) is 20.3 Å². The molecular weight excluding hydrogens is 140 g/mol. The summed E-state index contributed by atoms with van der Waals surface area (Å²) in [6, 6.07) is 0.0359.